The fourth-order valence-electron chi connectivity index (χ4n) is 2.33. The van der Waals surface area contributed by atoms with Gasteiger partial charge in [0.2, 0.25) is 11.8 Å². The maximum absolute atomic E-state index is 11.8. The number of aromatic nitrogens is 2. The molecule has 0 aromatic carbocycles. The average Bonchev–Trinajstić information content (AvgIpc) is 2.80. The molecule has 2 aromatic heterocycles. The molecule has 1 aliphatic heterocycles. The molecule has 0 saturated carbocycles. The molecule has 96 valence electrons. The second-order valence-electron chi connectivity index (χ2n) is 4.49. The molecular formula is C13H11N3O3. The summed E-state index contributed by atoms with van der Waals surface area (Å²) in [7, 11) is 0. The first-order chi connectivity index (χ1) is 9.19. The molecule has 0 radical (unpaired) electrons. The van der Waals surface area contributed by atoms with Crippen LogP contribution >= 0.6 is 0 Å². The van der Waals surface area contributed by atoms with Crippen molar-refractivity contribution < 1.29 is 14.4 Å². The van der Waals surface area contributed by atoms with Crippen molar-refractivity contribution in [1.29, 1.82) is 0 Å². The third-order valence-electron chi connectivity index (χ3n) is 3.33. The van der Waals surface area contributed by atoms with Gasteiger partial charge in [0.05, 0.1) is 12.1 Å². The molecule has 19 heavy (non-hydrogen) atoms. The van der Waals surface area contributed by atoms with Gasteiger partial charge in [-0.3, -0.25) is 24.1 Å². The normalized spacial score (nSPS) is 19.5. The van der Waals surface area contributed by atoms with E-state index in [-0.39, 0.29) is 17.7 Å². The van der Waals surface area contributed by atoms with Gasteiger partial charge in [-0.25, -0.2) is 4.98 Å². The van der Waals surface area contributed by atoms with Gasteiger partial charge in [0, 0.05) is 12.6 Å². The SMILES string of the molecule is O=Cc1cnc2cc(C3CCC(=O)NC3=O)ccn12. The molecule has 6 nitrogen and oxygen atoms in total. The Balaban J connectivity index is 1.99. The van der Waals surface area contributed by atoms with E-state index in [4.69, 9.17) is 0 Å². The Morgan fingerprint density at radius 1 is 1.42 bits per heavy atom. The van der Waals surface area contributed by atoms with Gasteiger partial charge >= 0.3 is 0 Å². The van der Waals surface area contributed by atoms with E-state index in [1.54, 1.807) is 22.7 Å². The van der Waals surface area contributed by atoms with Gasteiger partial charge in [0.1, 0.15) is 11.3 Å². The molecule has 3 rings (SSSR count). The number of imidazole rings is 1. The van der Waals surface area contributed by atoms with Crippen molar-refractivity contribution in [2.75, 3.05) is 0 Å². The highest BCUT2D eigenvalue weighted by Gasteiger charge is 2.28. The topological polar surface area (TPSA) is 80.5 Å². The summed E-state index contributed by atoms with van der Waals surface area (Å²) >= 11 is 0. The van der Waals surface area contributed by atoms with Crippen LogP contribution in [0, 0.1) is 0 Å². The fourth-order valence-corrected chi connectivity index (χ4v) is 2.33. The second kappa shape index (κ2) is 4.31. The van der Waals surface area contributed by atoms with Crippen molar-refractivity contribution in [3.8, 4) is 0 Å². The minimum atomic E-state index is -0.334. The lowest BCUT2D eigenvalue weighted by Crippen LogP contribution is -2.39. The van der Waals surface area contributed by atoms with Crippen LogP contribution in [0.5, 0.6) is 0 Å². The summed E-state index contributed by atoms with van der Waals surface area (Å²) in [6, 6.07) is 3.55. The number of pyridine rings is 1. The van der Waals surface area contributed by atoms with Crippen LogP contribution in [0.1, 0.15) is 34.8 Å². The zero-order valence-corrected chi connectivity index (χ0v) is 10.00. The summed E-state index contributed by atoms with van der Waals surface area (Å²) in [4.78, 5) is 37.8. The lowest BCUT2D eigenvalue weighted by atomic mass is 9.91. The molecule has 2 aromatic rings. The Kier molecular flexibility index (Phi) is 2.63. The Morgan fingerprint density at radius 3 is 3.00 bits per heavy atom. The van der Waals surface area contributed by atoms with Crippen molar-refractivity contribution in [2.24, 2.45) is 0 Å². The van der Waals surface area contributed by atoms with Crippen LogP contribution < -0.4 is 5.32 Å². The number of amides is 2. The summed E-state index contributed by atoms with van der Waals surface area (Å²) in [5.74, 6) is -0.840. The number of piperidine rings is 1. The van der Waals surface area contributed by atoms with E-state index in [9.17, 15) is 14.4 Å². The predicted molar refractivity (Wildman–Crippen MR) is 65.7 cm³/mol. The van der Waals surface area contributed by atoms with E-state index in [2.05, 4.69) is 10.3 Å². The molecule has 1 saturated heterocycles. The number of carbonyl (C=O) groups excluding carboxylic acids is 3. The minimum Gasteiger partial charge on any atom is -0.297 e. The number of hydrogen-bond acceptors (Lipinski definition) is 4. The lowest BCUT2D eigenvalue weighted by molar-refractivity contribution is -0.134. The number of imide groups is 1. The molecule has 3 heterocycles. The van der Waals surface area contributed by atoms with E-state index in [0.29, 0.717) is 24.2 Å². The minimum absolute atomic E-state index is 0.230. The van der Waals surface area contributed by atoms with Gasteiger partial charge in [-0.2, -0.15) is 0 Å². The molecule has 6 heteroatoms. The number of nitrogens with one attached hydrogen (secondary N) is 1. The number of hydrogen-bond donors (Lipinski definition) is 1. The third-order valence-corrected chi connectivity index (χ3v) is 3.33. The van der Waals surface area contributed by atoms with Crippen LogP contribution in [-0.4, -0.2) is 27.5 Å². The van der Waals surface area contributed by atoms with E-state index in [1.807, 2.05) is 0 Å². The first kappa shape index (κ1) is 11.6. The number of nitrogens with zero attached hydrogens (tertiary/aromatic N) is 2. The van der Waals surface area contributed by atoms with E-state index in [1.165, 1.54) is 6.20 Å². The molecular weight excluding hydrogens is 246 g/mol. The van der Waals surface area contributed by atoms with Gasteiger partial charge in [-0.05, 0) is 24.1 Å². The second-order valence-corrected chi connectivity index (χ2v) is 4.49. The van der Waals surface area contributed by atoms with Crippen molar-refractivity contribution in [3.63, 3.8) is 0 Å². The standard InChI is InChI=1S/C13H11N3O3/c17-7-9-6-14-11-5-8(3-4-16(9)11)10-1-2-12(18)15-13(10)19/h3-7,10H,1-2H2,(H,15,18,19). The van der Waals surface area contributed by atoms with E-state index < -0.39 is 0 Å². The van der Waals surface area contributed by atoms with Crippen molar-refractivity contribution >= 4 is 23.7 Å². The maximum atomic E-state index is 11.8. The van der Waals surface area contributed by atoms with Gasteiger partial charge in [-0.15, -0.1) is 0 Å². The van der Waals surface area contributed by atoms with Crippen molar-refractivity contribution in [3.05, 3.63) is 35.8 Å². The quantitative estimate of drug-likeness (QED) is 0.633. The molecule has 1 fully saturated rings. The Hall–Kier alpha value is -2.50. The summed E-state index contributed by atoms with van der Waals surface area (Å²) in [5.41, 5.74) is 1.88. The molecule has 0 aliphatic carbocycles. The molecule has 1 atom stereocenters. The zero-order chi connectivity index (χ0) is 13.4. The van der Waals surface area contributed by atoms with Crippen LogP contribution in [0.3, 0.4) is 0 Å². The largest absolute Gasteiger partial charge is 0.297 e. The molecule has 1 aliphatic rings. The number of aldehydes is 1. The van der Waals surface area contributed by atoms with Crippen LogP contribution in [0.25, 0.3) is 5.65 Å². The number of carbonyl (C=O) groups is 3. The summed E-state index contributed by atoms with van der Waals surface area (Å²) in [6.07, 6.45) is 4.77. The van der Waals surface area contributed by atoms with Crippen LogP contribution in [0.4, 0.5) is 0 Å². The monoisotopic (exact) mass is 257 g/mol. The fraction of sp³-hybridized carbons (Fsp3) is 0.231. The predicted octanol–water partition coefficient (Wildman–Crippen LogP) is 0.667. The van der Waals surface area contributed by atoms with Crippen molar-refractivity contribution in [2.45, 2.75) is 18.8 Å². The molecule has 0 bridgehead atoms. The molecule has 1 unspecified atom stereocenters. The summed E-state index contributed by atoms with van der Waals surface area (Å²) in [5, 5.41) is 2.33. The zero-order valence-electron chi connectivity index (χ0n) is 10.00. The molecule has 2 amide bonds. The van der Waals surface area contributed by atoms with E-state index in [0.717, 1.165) is 11.8 Å². The van der Waals surface area contributed by atoms with Gasteiger partial charge in [0.15, 0.2) is 6.29 Å². The van der Waals surface area contributed by atoms with E-state index >= 15 is 0 Å². The third kappa shape index (κ3) is 1.91. The first-order valence-corrected chi connectivity index (χ1v) is 5.95. The smallest absolute Gasteiger partial charge is 0.234 e. The van der Waals surface area contributed by atoms with Crippen LogP contribution in [0.15, 0.2) is 24.5 Å². The highest BCUT2D eigenvalue weighted by molar-refractivity contribution is 6.01. The lowest BCUT2D eigenvalue weighted by Gasteiger charge is -2.21. The number of rotatable bonds is 2. The first-order valence-electron chi connectivity index (χ1n) is 5.95. The van der Waals surface area contributed by atoms with Gasteiger partial charge in [0.25, 0.3) is 0 Å². The maximum Gasteiger partial charge on any atom is 0.234 e. The number of fused-ring (bicyclic) bond motifs is 1. The highest BCUT2D eigenvalue weighted by atomic mass is 16.2. The summed E-state index contributed by atoms with van der Waals surface area (Å²) < 4.78 is 1.66. The Bertz CT molecular complexity index is 689. The highest BCUT2D eigenvalue weighted by Crippen LogP contribution is 2.25. The van der Waals surface area contributed by atoms with Gasteiger partial charge < -0.3 is 0 Å². The molecule has 0 spiro atoms. The molecule has 1 N–H and O–H groups in total. The van der Waals surface area contributed by atoms with Gasteiger partial charge in [-0.1, -0.05) is 0 Å². The Labute approximate surface area is 108 Å². The Morgan fingerprint density at radius 2 is 2.26 bits per heavy atom. The van der Waals surface area contributed by atoms with Crippen LogP contribution in [0.2, 0.25) is 0 Å². The van der Waals surface area contributed by atoms with Crippen LogP contribution in [-0.2, 0) is 9.59 Å². The van der Waals surface area contributed by atoms with Crippen molar-refractivity contribution in [1.82, 2.24) is 14.7 Å². The average molecular weight is 257 g/mol. The summed E-state index contributed by atoms with van der Waals surface area (Å²) in [6.45, 7) is 0.